The second-order valence-electron chi connectivity index (χ2n) is 14.6. The van der Waals surface area contributed by atoms with E-state index in [-0.39, 0.29) is 0 Å². The summed E-state index contributed by atoms with van der Waals surface area (Å²) in [4.78, 5) is 10.9. The van der Waals surface area contributed by atoms with Gasteiger partial charge < -0.3 is 8.83 Å². The molecule has 56 heavy (non-hydrogen) atoms. The number of hydrogen-bond donors (Lipinski definition) is 0. The van der Waals surface area contributed by atoms with E-state index in [1.165, 1.54) is 21.9 Å². The average Bonchev–Trinajstić information content (AvgIpc) is 3.78. The molecule has 0 atom stereocenters. The highest BCUT2D eigenvalue weighted by Crippen LogP contribution is 2.42. The Morgan fingerprint density at radius 1 is 0.429 bits per heavy atom. The van der Waals surface area contributed by atoms with Gasteiger partial charge in [0.05, 0.1) is 11.4 Å². The smallest absolute Gasteiger partial charge is 0.160 e. The predicted molar refractivity (Wildman–Crippen MR) is 233 cm³/mol. The van der Waals surface area contributed by atoms with Crippen LogP contribution in [0, 0.1) is 0 Å². The van der Waals surface area contributed by atoms with Gasteiger partial charge in [-0.15, -0.1) is 0 Å². The fourth-order valence-electron chi connectivity index (χ4n) is 8.36. The highest BCUT2D eigenvalue weighted by Gasteiger charge is 2.23. The first kappa shape index (κ1) is 32.2. The van der Waals surface area contributed by atoms with Gasteiger partial charge in [0.2, 0.25) is 0 Å². The second kappa shape index (κ2) is 12.9. The molecule has 0 fully saturated rings. The van der Waals surface area contributed by atoms with Gasteiger partial charge in [0.1, 0.15) is 22.3 Å². The van der Waals surface area contributed by atoms with E-state index in [0.29, 0.717) is 12.3 Å². The van der Waals surface area contributed by atoms with Gasteiger partial charge in [-0.3, -0.25) is 0 Å². The van der Waals surface area contributed by atoms with Gasteiger partial charge in [0.25, 0.3) is 0 Å². The zero-order chi connectivity index (χ0) is 37.2. The number of furan rings is 2. The fourth-order valence-corrected chi connectivity index (χ4v) is 8.36. The van der Waals surface area contributed by atoms with Crippen molar-refractivity contribution in [1.82, 2.24) is 0 Å². The summed E-state index contributed by atoms with van der Waals surface area (Å²) in [7, 11) is 0. The first-order valence-electron chi connectivity index (χ1n) is 19.0. The monoisotopic (exact) mass is 718 g/mol. The maximum Gasteiger partial charge on any atom is 0.160 e. The van der Waals surface area contributed by atoms with Crippen molar-refractivity contribution in [2.24, 2.45) is 9.98 Å². The first-order chi connectivity index (χ1) is 27.7. The van der Waals surface area contributed by atoms with Gasteiger partial charge in [-0.05, 0) is 64.2 Å². The van der Waals surface area contributed by atoms with Gasteiger partial charge >= 0.3 is 0 Å². The Morgan fingerprint density at radius 3 is 1.79 bits per heavy atom. The van der Waals surface area contributed by atoms with Crippen molar-refractivity contribution in [1.29, 1.82) is 0 Å². The van der Waals surface area contributed by atoms with Crippen molar-refractivity contribution < 1.29 is 8.83 Å². The Balaban J connectivity index is 1.09. The molecule has 0 N–H and O–H groups in total. The van der Waals surface area contributed by atoms with E-state index in [1.54, 1.807) is 0 Å². The van der Waals surface area contributed by atoms with Crippen molar-refractivity contribution in [2.45, 2.75) is 13.3 Å². The highest BCUT2D eigenvalue weighted by molar-refractivity contribution is 6.25. The number of aliphatic imine (C=N–C) groups is 2. The number of amidine groups is 1. The fraction of sp³-hybridized carbons (Fsp3) is 0.0385. The number of allylic oxidation sites excluding steroid dienone is 1. The molecule has 10 aromatic rings. The maximum absolute atomic E-state index is 6.80. The molecule has 1 aliphatic heterocycles. The summed E-state index contributed by atoms with van der Waals surface area (Å²) in [5, 5.41) is 6.55. The van der Waals surface area contributed by atoms with E-state index < -0.39 is 0 Å². The van der Waals surface area contributed by atoms with Crippen LogP contribution in [0.2, 0.25) is 0 Å². The first-order valence-corrected chi connectivity index (χ1v) is 19.0. The Hall–Kier alpha value is -7.30. The third kappa shape index (κ3) is 5.30. The zero-order valence-electron chi connectivity index (χ0n) is 30.7. The normalized spacial score (nSPS) is 13.5. The lowest BCUT2D eigenvalue weighted by Crippen LogP contribution is -2.06. The van der Waals surface area contributed by atoms with Gasteiger partial charge in [0.15, 0.2) is 5.84 Å². The molecule has 4 nitrogen and oxygen atoms in total. The molecule has 0 bridgehead atoms. The molecule has 0 saturated carbocycles. The van der Waals surface area contributed by atoms with Gasteiger partial charge in [0, 0.05) is 50.2 Å². The van der Waals surface area contributed by atoms with Crippen LogP contribution in [0.25, 0.3) is 82.6 Å². The summed E-state index contributed by atoms with van der Waals surface area (Å²) >= 11 is 0. The van der Waals surface area contributed by atoms with Crippen LogP contribution in [0.1, 0.15) is 30.0 Å². The topological polar surface area (TPSA) is 51.0 Å². The number of para-hydroxylation sites is 3. The van der Waals surface area contributed by atoms with Gasteiger partial charge in [-0.1, -0.05) is 152 Å². The lowest BCUT2D eigenvalue weighted by atomic mass is 9.96. The van der Waals surface area contributed by atoms with Crippen LogP contribution in [0.15, 0.2) is 200 Å². The summed E-state index contributed by atoms with van der Waals surface area (Å²) in [5.74, 6) is 0.660. The quantitative estimate of drug-likeness (QED) is 0.178. The van der Waals surface area contributed by atoms with Crippen LogP contribution >= 0.6 is 0 Å². The van der Waals surface area contributed by atoms with Crippen molar-refractivity contribution in [3.05, 3.63) is 198 Å². The van der Waals surface area contributed by atoms with Crippen molar-refractivity contribution in [2.75, 3.05) is 0 Å². The third-order valence-corrected chi connectivity index (χ3v) is 11.1. The number of fused-ring (bicyclic) bond motifs is 7. The number of hydrogen-bond acceptors (Lipinski definition) is 4. The molecule has 0 radical (unpaired) electrons. The Bertz CT molecular complexity index is 3270. The summed E-state index contributed by atoms with van der Waals surface area (Å²) < 4.78 is 13.3. The molecule has 0 spiro atoms. The predicted octanol–water partition coefficient (Wildman–Crippen LogP) is 14.0. The minimum absolute atomic E-state index is 0.660. The van der Waals surface area contributed by atoms with E-state index in [9.17, 15) is 0 Å². The van der Waals surface area contributed by atoms with E-state index >= 15 is 0 Å². The largest absolute Gasteiger partial charge is 0.455 e. The summed E-state index contributed by atoms with van der Waals surface area (Å²) in [6, 6.07) is 61.4. The number of rotatable bonds is 5. The summed E-state index contributed by atoms with van der Waals surface area (Å²) in [6.07, 6.45) is 0.665. The van der Waals surface area contributed by atoms with Crippen LogP contribution in [0.4, 0.5) is 0 Å². The minimum Gasteiger partial charge on any atom is -0.455 e. The third-order valence-electron chi connectivity index (χ3n) is 11.1. The van der Waals surface area contributed by atoms with Crippen LogP contribution in [0.5, 0.6) is 0 Å². The number of benzene rings is 8. The Kier molecular flexibility index (Phi) is 7.42. The summed E-state index contributed by atoms with van der Waals surface area (Å²) in [5.41, 5.74) is 13.8. The minimum atomic E-state index is 0.660. The molecule has 11 rings (SSSR count). The van der Waals surface area contributed by atoms with E-state index in [0.717, 1.165) is 88.7 Å². The van der Waals surface area contributed by atoms with E-state index in [2.05, 4.69) is 153 Å². The van der Waals surface area contributed by atoms with Crippen LogP contribution in [-0.2, 0) is 0 Å². The standard InChI is InChI=1S/C52H34N2O2/c1-32-29-45(38-28-27-36-30-35(25-26-37(36)31-38)33-13-4-2-5-14-33)53-52(54-49(32)34-15-6-3-7-16-34)44-22-12-24-47-48(44)43-21-11-20-42(51(43)56-47)41-19-10-18-40-39-17-8-9-23-46(39)55-50(40)41/h2-28,30-31H,29H2,1H3. The molecule has 1 aliphatic rings. The van der Waals surface area contributed by atoms with Crippen LogP contribution in [0.3, 0.4) is 0 Å². The molecule has 3 heterocycles. The highest BCUT2D eigenvalue weighted by atomic mass is 16.3. The lowest BCUT2D eigenvalue weighted by Gasteiger charge is -2.10. The van der Waals surface area contributed by atoms with E-state index in [4.69, 9.17) is 18.8 Å². The molecule has 0 amide bonds. The summed E-state index contributed by atoms with van der Waals surface area (Å²) in [6.45, 7) is 2.18. The van der Waals surface area contributed by atoms with Crippen molar-refractivity contribution in [3.8, 4) is 22.3 Å². The second-order valence-corrected chi connectivity index (χ2v) is 14.6. The Labute approximate surface area is 323 Å². The SMILES string of the molecule is CC1=C(c2ccccc2)N=C(c2cccc3oc4c(-c5cccc6c5oc5ccccc56)cccc4c23)N=C(c2ccc3cc(-c4ccccc4)ccc3c2)C1. The van der Waals surface area contributed by atoms with Gasteiger partial charge in [-0.2, -0.15) is 0 Å². The molecule has 264 valence electrons. The average molecular weight is 719 g/mol. The maximum atomic E-state index is 6.80. The van der Waals surface area contributed by atoms with Crippen molar-refractivity contribution in [3.63, 3.8) is 0 Å². The molecule has 0 saturated heterocycles. The lowest BCUT2D eigenvalue weighted by molar-refractivity contribution is 0.665. The van der Waals surface area contributed by atoms with Crippen LogP contribution < -0.4 is 0 Å². The number of nitrogens with zero attached hydrogens (tertiary/aromatic N) is 2. The molecule has 2 aromatic heterocycles. The van der Waals surface area contributed by atoms with E-state index in [1.807, 2.05) is 30.3 Å². The molecule has 0 unspecified atom stereocenters. The molecular weight excluding hydrogens is 685 g/mol. The zero-order valence-corrected chi connectivity index (χ0v) is 30.7. The molecule has 4 heteroatoms. The molecule has 0 aliphatic carbocycles. The molecule has 8 aromatic carbocycles. The van der Waals surface area contributed by atoms with Gasteiger partial charge in [-0.25, -0.2) is 9.98 Å². The van der Waals surface area contributed by atoms with Crippen LogP contribution in [-0.4, -0.2) is 11.5 Å². The van der Waals surface area contributed by atoms with Crippen molar-refractivity contribution >= 4 is 71.9 Å². The molecular formula is C52H34N2O2. The Morgan fingerprint density at radius 2 is 1.00 bits per heavy atom.